The minimum atomic E-state index is -6.68. The second kappa shape index (κ2) is 17.9. The molecule has 0 amide bonds. The molecule has 0 N–H and O–H groups in total. The monoisotopic (exact) mass is 923 g/mol. The van der Waals surface area contributed by atoms with Gasteiger partial charge in [0.2, 0.25) is 0 Å². The van der Waals surface area contributed by atoms with Crippen LogP contribution in [0.15, 0.2) is 0 Å². The Labute approximate surface area is 274 Å². The van der Waals surface area contributed by atoms with Crippen LogP contribution >= 0.6 is 46.9 Å². The topological polar surface area (TPSA) is 435 Å². The van der Waals surface area contributed by atoms with Gasteiger partial charge in [-0.15, -0.1) is 0 Å². The van der Waals surface area contributed by atoms with Gasteiger partial charge in [-0.2, -0.15) is 0 Å². The molecule has 0 heterocycles. The van der Waals surface area contributed by atoms with Crippen molar-refractivity contribution in [2.24, 2.45) is 0 Å². The molecule has 0 aromatic rings. The summed E-state index contributed by atoms with van der Waals surface area (Å²) >= 11 is 0. The van der Waals surface area contributed by atoms with E-state index in [2.05, 4.69) is 27.1 Å². The summed E-state index contributed by atoms with van der Waals surface area (Å²) in [6, 6.07) is 0. The summed E-state index contributed by atoms with van der Waals surface area (Å²) in [5.74, 6) is 0. The Morgan fingerprint density at radius 3 is 0.400 bits per heavy atom. The van der Waals surface area contributed by atoms with Gasteiger partial charge in [0.25, 0.3) is 0 Å². The van der Waals surface area contributed by atoms with Crippen LogP contribution in [0.4, 0.5) is 0 Å². The van der Waals surface area contributed by atoms with Crippen LogP contribution in [0.3, 0.4) is 0 Å². The molecule has 0 unspecified atom stereocenters. The maximum Gasteiger partial charge on any atom is 3.00 e. The molecule has 1 aliphatic rings. The Hall–Kier alpha value is 3.21. The molecule has 34 heteroatoms. The second-order valence-electron chi connectivity index (χ2n) is 6.10. The number of phosphoric acid groups is 6. The van der Waals surface area contributed by atoms with Crippen molar-refractivity contribution in [3.8, 4) is 0 Å². The van der Waals surface area contributed by atoms with Crippen molar-refractivity contribution in [2.75, 3.05) is 0 Å². The van der Waals surface area contributed by atoms with Crippen LogP contribution in [0.1, 0.15) is 0 Å². The number of hydrogen-bond donors (Lipinski definition) is 0. The zero-order valence-electron chi connectivity index (χ0n) is 18.3. The molecule has 24 nitrogen and oxygen atoms in total. The Morgan fingerprint density at radius 1 is 0.275 bits per heavy atom. The maximum absolute atomic E-state index is 11.1. The number of phosphoric ester groups is 6. The van der Waals surface area contributed by atoms with Crippen molar-refractivity contribution in [3.05, 3.63) is 0 Å². The first kappa shape index (κ1) is 50.1. The maximum atomic E-state index is 11.1. The minimum absolute atomic E-state index is 0. The Kier molecular flexibility index (Phi) is 22.5. The molecule has 216 valence electrons. The largest absolute Gasteiger partial charge is 3.00 e. The van der Waals surface area contributed by atoms with E-state index in [1.165, 1.54) is 0 Å². The molecule has 0 saturated heterocycles. The minimum Gasteiger partial charge on any atom is -0.790 e. The standard InChI is InChI=1S/C6H18O24P6.4Ga/c7-31(8,9)25-1-2(26-32(10,11)12)4(28-34(16,17)18)6(30-36(22,23)24)5(29-35(19,20)21)3(1)27-33(13,14)15;;;;/h1-6H,(H2,7,8,9)(H2,10,11,12)(H2,13,14,15)(H2,16,17,18)(H2,19,20,21)(H2,22,23,24);;;;/q;4*+3/p-12/t1-,2-,3-,4+,5-,6-;;;;. The Bertz CT molecular complexity index is 837. The van der Waals surface area contributed by atoms with Crippen molar-refractivity contribution < 1.29 is 113 Å². The predicted octanol–water partition coefficient (Wildman–Crippen LogP) is -12.2. The zero-order chi connectivity index (χ0) is 28.7. The summed E-state index contributed by atoms with van der Waals surface area (Å²) in [5.41, 5.74) is 0. The third kappa shape index (κ3) is 20.4. The molecule has 0 aromatic carbocycles. The van der Waals surface area contributed by atoms with E-state index in [0.717, 1.165) is 0 Å². The van der Waals surface area contributed by atoms with Gasteiger partial charge in [-0.1, -0.05) is 0 Å². The van der Waals surface area contributed by atoms with Gasteiger partial charge in [0.05, 0.1) is 46.9 Å². The first-order valence-corrected chi connectivity index (χ1v) is 16.6. The van der Waals surface area contributed by atoms with Gasteiger partial charge in [-0.3, -0.25) is 0 Å². The summed E-state index contributed by atoms with van der Waals surface area (Å²) in [4.78, 5) is 133. The molecule has 1 aliphatic carbocycles. The summed E-state index contributed by atoms with van der Waals surface area (Å²) < 4.78 is 88.3. The van der Waals surface area contributed by atoms with E-state index < -0.39 is 83.6 Å². The van der Waals surface area contributed by atoms with Crippen LogP contribution in [-0.4, -0.2) is 116 Å². The normalized spacial score (nSPS) is 26.4. The smallest absolute Gasteiger partial charge is 0.790 e. The summed E-state index contributed by atoms with van der Waals surface area (Å²) in [6.45, 7) is 0. The van der Waals surface area contributed by atoms with E-state index in [4.69, 9.17) is 0 Å². The Morgan fingerprint density at radius 2 is 0.350 bits per heavy atom. The van der Waals surface area contributed by atoms with Crippen LogP contribution in [0.25, 0.3) is 0 Å². The van der Waals surface area contributed by atoms with Gasteiger partial charge < -0.3 is 113 Å². The molecule has 0 aromatic heterocycles. The van der Waals surface area contributed by atoms with Gasteiger partial charge in [-0.25, -0.2) is 0 Å². The van der Waals surface area contributed by atoms with E-state index in [1.807, 2.05) is 0 Å². The van der Waals surface area contributed by atoms with Crippen LogP contribution in [0, 0.1) is 0 Å². The van der Waals surface area contributed by atoms with Crippen LogP contribution < -0.4 is 58.7 Å². The predicted molar refractivity (Wildman–Crippen MR) is 97.9 cm³/mol. The first-order valence-electron chi connectivity index (χ1n) is 7.80. The fourth-order valence-corrected chi connectivity index (χ4v) is 5.96. The SMILES string of the molecule is O=P([O-])([O-])O[C@H]1[C@H](OP(=O)([O-])[O-])[C@@H](OP(=O)([O-])[O-])[C@H](OP(=O)([O-])[O-])[C@@H](OP(=O)([O-])[O-])[C@H]1OP(=O)([O-])[O-].[Ga+3].[Ga+3].[Ga+3].[Ga+3]. The Balaban J connectivity index is -0.00000162. The quantitative estimate of drug-likeness (QED) is 0.129. The molecule has 0 radical (unpaired) electrons. The third-order valence-electron chi connectivity index (χ3n) is 3.45. The van der Waals surface area contributed by atoms with E-state index in [0.29, 0.717) is 0 Å². The molecule has 0 atom stereocenters. The number of hydrogen-bond acceptors (Lipinski definition) is 24. The van der Waals surface area contributed by atoms with Crippen LogP contribution in [0.5, 0.6) is 0 Å². The van der Waals surface area contributed by atoms with Gasteiger partial charge in [-0.05, 0) is 0 Å². The summed E-state index contributed by atoms with van der Waals surface area (Å²) in [5, 5.41) is 0. The molecule has 0 bridgehead atoms. The molecule has 1 saturated carbocycles. The fraction of sp³-hybridized carbons (Fsp3) is 1.00. The second-order valence-corrected chi connectivity index (χ2v) is 12.7. The van der Waals surface area contributed by atoms with Crippen molar-refractivity contribution in [1.82, 2.24) is 0 Å². The van der Waals surface area contributed by atoms with Crippen molar-refractivity contribution in [2.45, 2.75) is 36.6 Å². The van der Waals surface area contributed by atoms with Crippen LogP contribution in [-0.2, 0) is 54.5 Å². The molecule has 0 aliphatic heterocycles. The van der Waals surface area contributed by atoms with E-state index in [9.17, 15) is 86.1 Å². The van der Waals surface area contributed by atoms with Gasteiger partial charge >= 0.3 is 79.2 Å². The molecule has 1 rings (SSSR count). The molecule has 40 heavy (non-hydrogen) atoms. The van der Waals surface area contributed by atoms with Gasteiger partial charge in [0, 0.05) is 0 Å². The van der Waals surface area contributed by atoms with Crippen molar-refractivity contribution in [1.29, 1.82) is 0 Å². The number of rotatable bonds is 12. The van der Waals surface area contributed by atoms with Gasteiger partial charge in [0.15, 0.2) is 0 Å². The van der Waals surface area contributed by atoms with Crippen molar-refractivity contribution >= 4 is 126 Å². The summed E-state index contributed by atoms with van der Waals surface area (Å²) in [6.07, 6.45) is -21.5. The molecular weight excluding hydrogens is 921 g/mol. The fourth-order valence-electron chi connectivity index (χ4n) is 2.74. The summed E-state index contributed by atoms with van der Waals surface area (Å²) in [7, 11) is -40.1. The van der Waals surface area contributed by atoms with Crippen molar-refractivity contribution in [3.63, 3.8) is 0 Å². The van der Waals surface area contributed by atoms with E-state index in [-0.39, 0.29) is 79.2 Å². The first-order chi connectivity index (χ1) is 15.6. The average molecular weight is 927 g/mol. The molecular formula is C6H6Ga4O24P6. The third-order valence-corrected chi connectivity index (χ3v) is 6.46. The average Bonchev–Trinajstić information content (AvgIpc) is 2.51. The molecule has 1 fully saturated rings. The van der Waals surface area contributed by atoms with Gasteiger partial charge in [0.1, 0.15) is 36.6 Å². The van der Waals surface area contributed by atoms with Crippen LogP contribution in [0.2, 0.25) is 0 Å². The van der Waals surface area contributed by atoms with E-state index in [1.54, 1.807) is 0 Å². The van der Waals surface area contributed by atoms with E-state index >= 15 is 0 Å². The zero-order valence-corrected chi connectivity index (χ0v) is 33.3. The molecule has 0 spiro atoms.